The van der Waals surface area contributed by atoms with Gasteiger partial charge in [-0.15, -0.1) is 0 Å². The molecule has 1 N–H and O–H groups in total. The molecule has 0 spiro atoms. The Morgan fingerprint density at radius 1 is 1.13 bits per heavy atom. The van der Waals surface area contributed by atoms with Crippen molar-refractivity contribution in [2.75, 3.05) is 38.3 Å². The van der Waals surface area contributed by atoms with Crippen molar-refractivity contribution in [1.29, 1.82) is 0 Å². The van der Waals surface area contributed by atoms with Crippen molar-refractivity contribution in [2.24, 2.45) is 5.92 Å². The van der Waals surface area contributed by atoms with Gasteiger partial charge in [0.05, 0.1) is 6.61 Å². The molecule has 0 aliphatic carbocycles. The van der Waals surface area contributed by atoms with Crippen LogP contribution in [0.3, 0.4) is 0 Å². The van der Waals surface area contributed by atoms with E-state index in [0.717, 1.165) is 26.3 Å². The minimum absolute atomic E-state index is 0.650. The van der Waals surface area contributed by atoms with E-state index in [0.29, 0.717) is 5.92 Å². The van der Waals surface area contributed by atoms with Crippen LogP contribution in [0, 0.1) is 5.92 Å². The van der Waals surface area contributed by atoms with Crippen LogP contribution in [0.15, 0.2) is 0 Å². The van der Waals surface area contributed by atoms with Crippen molar-refractivity contribution in [3.63, 3.8) is 0 Å². The van der Waals surface area contributed by atoms with E-state index < -0.39 is 0 Å². The molecule has 92 valence electrons. The molecule has 0 radical (unpaired) electrons. The van der Waals surface area contributed by atoms with Crippen molar-refractivity contribution in [3.8, 4) is 0 Å². The van der Waals surface area contributed by atoms with Gasteiger partial charge in [0.1, 0.15) is 0 Å². The predicted molar refractivity (Wildman–Crippen MR) is 70.8 cm³/mol. The van der Waals surface area contributed by atoms with E-state index in [2.05, 4.69) is 25.4 Å². The molecule has 3 heteroatoms. The van der Waals surface area contributed by atoms with Crippen LogP contribution < -0.4 is 5.32 Å². The van der Waals surface area contributed by atoms with Crippen molar-refractivity contribution in [1.82, 2.24) is 5.32 Å². The highest BCUT2D eigenvalue weighted by Gasteiger charge is 1.93. The largest absolute Gasteiger partial charge is 0.380 e. The van der Waals surface area contributed by atoms with Gasteiger partial charge < -0.3 is 10.1 Å². The van der Waals surface area contributed by atoms with Crippen molar-refractivity contribution in [3.05, 3.63) is 0 Å². The van der Waals surface area contributed by atoms with E-state index in [1.54, 1.807) is 0 Å². The molecule has 0 rings (SSSR count). The fraction of sp³-hybridized carbons (Fsp3) is 1.00. The Morgan fingerprint density at radius 2 is 1.93 bits per heavy atom. The number of hydrogen-bond donors (Lipinski definition) is 1. The summed E-state index contributed by atoms with van der Waals surface area (Å²) in [6.45, 7) is 8.23. The molecule has 0 aromatic heterocycles. The van der Waals surface area contributed by atoms with Crippen molar-refractivity contribution < 1.29 is 4.74 Å². The summed E-state index contributed by atoms with van der Waals surface area (Å²) in [6, 6.07) is 0. The summed E-state index contributed by atoms with van der Waals surface area (Å²) in [4.78, 5) is 0. The summed E-state index contributed by atoms with van der Waals surface area (Å²) in [5.41, 5.74) is 0. The van der Waals surface area contributed by atoms with Crippen LogP contribution in [0.2, 0.25) is 0 Å². The van der Waals surface area contributed by atoms with Gasteiger partial charge in [-0.05, 0) is 37.3 Å². The minimum atomic E-state index is 0.650. The molecule has 0 aliphatic rings. The third-order valence-electron chi connectivity index (χ3n) is 2.08. The standard InChI is InChI=1S/C12H27NOS/c1-12(2)11-14-9-8-13-7-5-4-6-10-15-3/h12-13H,4-11H2,1-3H3. The molecule has 0 aromatic rings. The van der Waals surface area contributed by atoms with E-state index in [1.165, 1.54) is 25.0 Å². The molecule has 0 bridgehead atoms. The summed E-state index contributed by atoms with van der Waals surface area (Å²) >= 11 is 1.94. The zero-order valence-corrected chi connectivity index (χ0v) is 11.4. The lowest BCUT2D eigenvalue weighted by molar-refractivity contribution is 0.112. The molecule has 0 aliphatic heterocycles. The molecular weight excluding hydrogens is 206 g/mol. The average Bonchev–Trinajstić information content (AvgIpc) is 2.20. The molecule has 0 saturated carbocycles. The smallest absolute Gasteiger partial charge is 0.0591 e. The SMILES string of the molecule is CSCCCCCNCCOCC(C)C. The van der Waals surface area contributed by atoms with Gasteiger partial charge >= 0.3 is 0 Å². The molecule has 0 heterocycles. The van der Waals surface area contributed by atoms with Gasteiger partial charge in [-0.1, -0.05) is 20.3 Å². The Labute approximate surface area is 99.5 Å². The van der Waals surface area contributed by atoms with Gasteiger partial charge in [-0.3, -0.25) is 0 Å². The highest BCUT2D eigenvalue weighted by molar-refractivity contribution is 7.98. The zero-order chi connectivity index (χ0) is 11.4. The van der Waals surface area contributed by atoms with Gasteiger partial charge in [0.25, 0.3) is 0 Å². The number of ether oxygens (including phenoxy) is 1. The second kappa shape index (κ2) is 12.3. The van der Waals surface area contributed by atoms with Crippen LogP contribution in [0.1, 0.15) is 33.1 Å². The fourth-order valence-corrected chi connectivity index (χ4v) is 1.75. The molecule has 0 unspecified atom stereocenters. The Bertz CT molecular complexity index is 120. The Hall–Kier alpha value is 0.270. The predicted octanol–water partition coefficient (Wildman–Crippen LogP) is 2.78. The van der Waals surface area contributed by atoms with E-state index in [4.69, 9.17) is 4.74 Å². The van der Waals surface area contributed by atoms with E-state index in [9.17, 15) is 0 Å². The zero-order valence-electron chi connectivity index (χ0n) is 10.6. The van der Waals surface area contributed by atoms with Crippen LogP contribution >= 0.6 is 11.8 Å². The van der Waals surface area contributed by atoms with Gasteiger partial charge in [0.15, 0.2) is 0 Å². The summed E-state index contributed by atoms with van der Waals surface area (Å²) in [5, 5.41) is 3.40. The maximum absolute atomic E-state index is 5.47. The highest BCUT2D eigenvalue weighted by Crippen LogP contribution is 2.01. The van der Waals surface area contributed by atoms with Gasteiger partial charge in [-0.2, -0.15) is 11.8 Å². The lowest BCUT2D eigenvalue weighted by Crippen LogP contribution is -2.21. The third-order valence-corrected chi connectivity index (χ3v) is 2.77. The maximum atomic E-state index is 5.47. The van der Waals surface area contributed by atoms with Crippen LogP contribution in [-0.4, -0.2) is 38.3 Å². The number of unbranched alkanes of at least 4 members (excludes halogenated alkanes) is 2. The van der Waals surface area contributed by atoms with Crippen LogP contribution in [-0.2, 0) is 4.74 Å². The van der Waals surface area contributed by atoms with E-state index in [1.807, 2.05) is 11.8 Å². The average molecular weight is 233 g/mol. The quantitative estimate of drug-likeness (QED) is 0.555. The molecule has 0 aromatic carbocycles. The molecule has 0 fully saturated rings. The Balaban J connectivity index is 2.87. The second-order valence-electron chi connectivity index (χ2n) is 4.27. The lowest BCUT2D eigenvalue weighted by Gasteiger charge is -2.07. The van der Waals surface area contributed by atoms with Gasteiger partial charge in [0, 0.05) is 13.2 Å². The maximum Gasteiger partial charge on any atom is 0.0591 e. The highest BCUT2D eigenvalue weighted by atomic mass is 32.2. The molecule has 15 heavy (non-hydrogen) atoms. The topological polar surface area (TPSA) is 21.3 Å². The first-order valence-corrected chi connectivity index (χ1v) is 7.44. The summed E-state index contributed by atoms with van der Waals surface area (Å²) in [5.74, 6) is 1.95. The van der Waals surface area contributed by atoms with Gasteiger partial charge in [0.2, 0.25) is 0 Å². The molecule has 0 atom stereocenters. The van der Waals surface area contributed by atoms with E-state index >= 15 is 0 Å². The fourth-order valence-electron chi connectivity index (χ4n) is 1.26. The van der Waals surface area contributed by atoms with Gasteiger partial charge in [-0.25, -0.2) is 0 Å². The monoisotopic (exact) mass is 233 g/mol. The number of thioether (sulfide) groups is 1. The van der Waals surface area contributed by atoms with Crippen LogP contribution in [0.4, 0.5) is 0 Å². The number of nitrogens with one attached hydrogen (secondary N) is 1. The van der Waals surface area contributed by atoms with Crippen LogP contribution in [0.5, 0.6) is 0 Å². The molecule has 2 nitrogen and oxygen atoms in total. The Morgan fingerprint density at radius 3 is 2.60 bits per heavy atom. The molecule has 0 saturated heterocycles. The van der Waals surface area contributed by atoms with Crippen molar-refractivity contribution in [2.45, 2.75) is 33.1 Å². The summed E-state index contributed by atoms with van der Waals surface area (Å²) < 4.78 is 5.47. The van der Waals surface area contributed by atoms with Crippen LogP contribution in [0.25, 0.3) is 0 Å². The first-order chi connectivity index (χ1) is 7.27. The second-order valence-corrected chi connectivity index (χ2v) is 5.26. The van der Waals surface area contributed by atoms with Crippen molar-refractivity contribution >= 4 is 11.8 Å². The normalized spacial score (nSPS) is 11.2. The number of rotatable bonds is 11. The minimum Gasteiger partial charge on any atom is -0.380 e. The third kappa shape index (κ3) is 14.3. The Kier molecular flexibility index (Phi) is 12.6. The van der Waals surface area contributed by atoms with E-state index in [-0.39, 0.29) is 0 Å². The summed E-state index contributed by atoms with van der Waals surface area (Å²) in [7, 11) is 0. The first-order valence-electron chi connectivity index (χ1n) is 6.04. The molecular formula is C12H27NOS. The first kappa shape index (κ1) is 15.3. The lowest BCUT2D eigenvalue weighted by atomic mass is 10.2. The summed E-state index contributed by atoms with van der Waals surface area (Å²) in [6.07, 6.45) is 6.17. The number of hydrogen-bond acceptors (Lipinski definition) is 3. The molecule has 0 amide bonds.